The third kappa shape index (κ3) is 3.26. The van der Waals surface area contributed by atoms with Crippen molar-refractivity contribution in [3.63, 3.8) is 0 Å². The molecule has 15 heavy (non-hydrogen) atoms. The molecule has 0 spiro atoms. The maximum atomic E-state index is 9.71. The van der Waals surface area contributed by atoms with Gasteiger partial charge in [-0.1, -0.05) is 18.2 Å². The Labute approximate surface area is 100 Å². The van der Waals surface area contributed by atoms with E-state index in [1.54, 1.807) is 12.1 Å². The van der Waals surface area contributed by atoms with E-state index in [9.17, 15) is 5.11 Å². The number of halogens is 2. The molecule has 1 rings (SSSR count). The Kier molecular flexibility index (Phi) is 5.23. The second kappa shape index (κ2) is 6.21. The molecule has 0 radical (unpaired) electrons. The number of hydrogen-bond acceptors (Lipinski definition) is 2. The van der Waals surface area contributed by atoms with E-state index in [2.05, 4.69) is 0 Å². The summed E-state index contributed by atoms with van der Waals surface area (Å²) < 4.78 is 0. The Morgan fingerprint density at radius 1 is 1.33 bits per heavy atom. The third-order valence-electron chi connectivity index (χ3n) is 2.41. The van der Waals surface area contributed by atoms with Crippen LogP contribution in [0.5, 0.6) is 5.75 Å². The third-order valence-corrected chi connectivity index (χ3v) is 2.87. The lowest BCUT2D eigenvalue weighted by Crippen LogP contribution is -2.27. The van der Waals surface area contributed by atoms with E-state index in [1.807, 2.05) is 24.1 Å². The van der Waals surface area contributed by atoms with Gasteiger partial charge in [-0.3, -0.25) is 4.90 Å². The number of nitrogens with zero attached hydrogens (tertiary/aromatic N) is 1. The maximum Gasteiger partial charge on any atom is 0.120 e. The fourth-order valence-electron chi connectivity index (χ4n) is 1.50. The van der Waals surface area contributed by atoms with Crippen molar-refractivity contribution >= 4 is 23.2 Å². The van der Waals surface area contributed by atoms with Crippen LogP contribution < -0.4 is 0 Å². The standard InChI is InChI=1S/C11H15Cl2NO/c1-14(7-6-12)10(8-13)9-4-2-3-5-11(9)15/h2-5,10,15H,6-8H2,1H3. The molecular formula is C11H15Cl2NO. The molecular weight excluding hydrogens is 233 g/mol. The van der Waals surface area contributed by atoms with Gasteiger partial charge in [0.2, 0.25) is 0 Å². The zero-order valence-electron chi connectivity index (χ0n) is 8.66. The highest BCUT2D eigenvalue weighted by atomic mass is 35.5. The van der Waals surface area contributed by atoms with Crippen molar-refractivity contribution < 1.29 is 5.11 Å². The molecule has 1 atom stereocenters. The SMILES string of the molecule is CN(CCCl)C(CCl)c1ccccc1O. The fraction of sp³-hybridized carbons (Fsp3) is 0.455. The van der Waals surface area contributed by atoms with Gasteiger partial charge in [0.05, 0.1) is 6.04 Å². The van der Waals surface area contributed by atoms with Gasteiger partial charge in [-0.25, -0.2) is 0 Å². The smallest absolute Gasteiger partial charge is 0.120 e. The van der Waals surface area contributed by atoms with Crippen LogP contribution in [0, 0.1) is 0 Å². The second-order valence-electron chi connectivity index (χ2n) is 3.40. The number of phenolic OH excluding ortho intramolecular Hbond substituents is 1. The molecule has 84 valence electrons. The van der Waals surface area contributed by atoms with Crippen LogP contribution in [0.1, 0.15) is 11.6 Å². The number of phenols is 1. The average Bonchev–Trinajstić information content (AvgIpc) is 2.22. The average molecular weight is 248 g/mol. The number of rotatable bonds is 5. The highest BCUT2D eigenvalue weighted by molar-refractivity contribution is 6.18. The van der Waals surface area contributed by atoms with Crippen LogP contribution in [-0.4, -0.2) is 35.4 Å². The minimum Gasteiger partial charge on any atom is -0.508 e. The van der Waals surface area contributed by atoms with Gasteiger partial charge in [0.25, 0.3) is 0 Å². The van der Waals surface area contributed by atoms with Crippen LogP contribution in [0.3, 0.4) is 0 Å². The van der Waals surface area contributed by atoms with Crippen LogP contribution in [0.15, 0.2) is 24.3 Å². The first kappa shape index (κ1) is 12.6. The summed E-state index contributed by atoms with van der Waals surface area (Å²) in [6.07, 6.45) is 0. The van der Waals surface area contributed by atoms with Gasteiger partial charge in [-0.05, 0) is 13.1 Å². The topological polar surface area (TPSA) is 23.5 Å². The quantitative estimate of drug-likeness (QED) is 0.810. The molecule has 0 fully saturated rings. The van der Waals surface area contributed by atoms with Gasteiger partial charge in [0, 0.05) is 23.9 Å². The highest BCUT2D eigenvalue weighted by Crippen LogP contribution is 2.28. The van der Waals surface area contributed by atoms with E-state index in [0.717, 1.165) is 12.1 Å². The van der Waals surface area contributed by atoms with Gasteiger partial charge in [-0.2, -0.15) is 0 Å². The summed E-state index contributed by atoms with van der Waals surface area (Å²) in [4.78, 5) is 2.04. The molecule has 1 unspecified atom stereocenters. The summed E-state index contributed by atoms with van der Waals surface area (Å²) in [5.74, 6) is 1.27. The lowest BCUT2D eigenvalue weighted by molar-refractivity contribution is 0.274. The molecule has 1 aromatic carbocycles. The Bertz CT molecular complexity index is 306. The predicted molar refractivity (Wildman–Crippen MR) is 64.9 cm³/mol. The Morgan fingerprint density at radius 2 is 2.00 bits per heavy atom. The van der Waals surface area contributed by atoms with Gasteiger partial charge >= 0.3 is 0 Å². The van der Waals surface area contributed by atoms with Gasteiger partial charge < -0.3 is 5.11 Å². The molecule has 2 nitrogen and oxygen atoms in total. The van der Waals surface area contributed by atoms with E-state index in [-0.39, 0.29) is 11.8 Å². The van der Waals surface area contributed by atoms with Crippen molar-refractivity contribution in [1.29, 1.82) is 0 Å². The monoisotopic (exact) mass is 247 g/mol. The zero-order valence-corrected chi connectivity index (χ0v) is 10.2. The van der Waals surface area contributed by atoms with Crippen LogP contribution >= 0.6 is 23.2 Å². The summed E-state index contributed by atoms with van der Waals surface area (Å²) in [6, 6.07) is 7.25. The Morgan fingerprint density at radius 3 is 2.53 bits per heavy atom. The first-order valence-corrected chi connectivity index (χ1v) is 5.87. The van der Waals surface area contributed by atoms with Crippen molar-refractivity contribution in [2.45, 2.75) is 6.04 Å². The Hall–Kier alpha value is -0.440. The maximum absolute atomic E-state index is 9.71. The molecule has 0 aromatic heterocycles. The largest absolute Gasteiger partial charge is 0.508 e. The lowest BCUT2D eigenvalue weighted by Gasteiger charge is -2.26. The van der Waals surface area contributed by atoms with Crippen molar-refractivity contribution in [2.75, 3.05) is 25.4 Å². The molecule has 0 bridgehead atoms. The highest BCUT2D eigenvalue weighted by Gasteiger charge is 2.18. The number of para-hydroxylation sites is 1. The molecule has 0 aliphatic rings. The molecule has 1 aromatic rings. The molecule has 0 aliphatic heterocycles. The molecule has 4 heteroatoms. The first-order valence-electron chi connectivity index (χ1n) is 4.80. The van der Waals surface area contributed by atoms with Crippen molar-refractivity contribution in [2.24, 2.45) is 0 Å². The number of alkyl halides is 2. The van der Waals surface area contributed by atoms with Gasteiger partial charge in [-0.15, -0.1) is 23.2 Å². The van der Waals surface area contributed by atoms with Crippen LogP contribution in [0.2, 0.25) is 0 Å². The normalized spacial score (nSPS) is 13.1. The summed E-state index contributed by atoms with van der Waals surface area (Å²) >= 11 is 11.6. The van der Waals surface area contributed by atoms with Crippen molar-refractivity contribution in [1.82, 2.24) is 4.90 Å². The number of benzene rings is 1. The fourth-order valence-corrected chi connectivity index (χ4v) is 2.17. The van der Waals surface area contributed by atoms with Crippen molar-refractivity contribution in [3.8, 4) is 5.75 Å². The van der Waals surface area contributed by atoms with Crippen LogP contribution in [0.4, 0.5) is 0 Å². The van der Waals surface area contributed by atoms with E-state index < -0.39 is 0 Å². The summed E-state index contributed by atoms with van der Waals surface area (Å²) in [5.41, 5.74) is 0.847. The summed E-state index contributed by atoms with van der Waals surface area (Å²) in [5, 5.41) is 9.71. The molecule has 0 aliphatic carbocycles. The van der Waals surface area contributed by atoms with Crippen molar-refractivity contribution in [3.05, 3.63) is 29.8 Å². The van der Waals surface area contributed by atoms with E-state index in [0.29, 0.717) is 11.8 Å². The molecule has 0 heterocycles. The molecule has 1 N–H and O–H groups in total. The minimum atomic E-state index is 0.00613. The van der Waals surface area contributed by atoms with Crippen LogP contribution in [0.25, 0.3) is 0 Å². The molecule has 0 amide bonds. The molecule has 0 saturated heterocycles. The number of aromatic hydroxyl groups is 1. The summed E-state index contributed by atoms with van der Waals surface area (Å²) in [7, 11) is 1.95. The van der Waals surface area contributed by atoms with E-state index >= 15 is 0 Å². The minimum absolute atomic E-state index is 0.00613. The zero-order chi connectivity index (χ0) is 11.3. The van der Waals surface area contributed by atoms with E-state index in [4.69, 9.17) is 23.2 Å². The van der Waals surface area contributed by atoms with Crippen LogP contribution in [-0.2, 0) is 0 Å². The lowest BCUT2D eigenvalue weighted by atomic mass is 10.1. The van der Waals surface area contributed by atoms with E-state index in [1.165, 1.54) is 0 Å². The Balaban J connectivity index is 2.87. The second-order valence-corrected chi connectivity index (χ2v) is 4.09. The molecule has 0 saturated carbocycles. The first-order chi connectivity index (χ1) is 7.20. The predicted octanol–water partition coefficient (Wildman–Crippen LogP) is 2.84. The number of hydrogen-bond donors (Lipinski definition) is 1. The van der Waals surface area contributed by atoms with Gasteiger partial charge in [0.15, 0.2) is 0 Å². The van der Waals surface area contributed by atoms with Gasteiger partial charge in [0.1, 0.15) is 5.75 Å². The summed E-state index contributed by atoms with van der Waals surface area (Å²) in [6.45, 7) is 0.743.